The predicted molar refractivity (Wildman–Crippen MR) is 100.0 cm³/mol. The third kappa shape index (κ3) is 3.95. The average molecular weight is 370 g/mol. The van der Waals surface area contributed by atoms with Crippen molar-refractivity contribution in [3.63, 3.8) is 0 Å². The molecule has 2 heterocycles. The largest absolute Gasteiger partial charge is 0.490 e. The molecule has 0 bridgehead atoms. The minimum Gasteiger partial charge on any atom is -0.490 e. The van der Waals surface area contributed by atoms with Crippen molar-refractivity contribution < 1.29 is 19.0 Å². The van der Waals surface area contributed by atoms with Crippen LogP contribution in [0.2, 0.25) is 0 Å². The van der Waals surface area contributed by atoms with E-state index in [0.29, 0.717) is 37.0 Å². The second-order valence-corrected chi connectivity index (χ2v) is 6.94. The molecule has 2 aromatic carbocycles. The standard InChI is InChI=1S/C19H18N2O4S/c22-18(11-23-12-19-21-14-4-1-2-5-17(14)26-19)20-13-6-7-15-16(10-13)25-9-3-8-24-15/h1-2,4-7,10H,3,8-9,11-12H2,(H,20,22). The Kier molecular flexibility index (Phi) is 4.99. The van der Waals surface area contributed by atoms with Crippen LogP contribution < -0.4 is 14.8 Å². The number of carbonyl (C=O) groups excluding carboxylic acids is 1. The lowest BCUT2D eigenvalue weighted by molar-refractivity contribution is -0.121. The monoisotopic (exact) mass is 370 g/mol. The van der Waals surface area contributed by atoms with E-state index in [1.807, 2.05) is 24.3 Å². The summed E-state index contributed by atoms with van der Waals surface area (Å²) in [6.45, 7) is 1.52. The van der Waals surface area contributed by atoms with Crippen LogP contribution in [-0.4, -0.2) is 30.7 Å². The lowest BCUT2D eigenvalue weighted by Gasteiger charge is -2.10. The molecule has 0 unspecified atom stereocenters. The smallest absolute Gasteiger partial charge is 0.250 e. The number of para-hydroxylation sites is 1. The molecular formula is C19H18N2O4S. The maximum atomic E-state index is 12.1. The van der Waals surface area contributed by atoms with Crippen LogP contribution in [0.1, 0.15) is 11.4 Å². The first-order valence-corrected chi connectivity index (χ1v) is 9.21. The first kappa shape index (κ1) is 16.8. The van der Waals surface area contributed by atoms with Crippen LogP contribution in [0.4, 0.5) is 5.69 Å². The normalized spacial score (nSPS) is 13.4. The zero-order valence-corrected chi connectivity index (χ0v) is 14.9. The van der Waals surface area contributed by atoms with Gasteiger partial charge < -0.3 is 19.5 Å². The maximum Gasteiger partial charge on any atom is 0.250 e. The second-order valence-electron chi connectivity index (χ2n) is 5.83. The van der Waals surface area contributed by atoms with E-state index in [-0.39, 0.29) is 12.5 Å². The van der Waals surface area contributed by atoms with Crippen molar-refractivity contribution in [2.75, 3.05) is 25.1 Å². The molecule has 134 valence electrons. The SMILES string of the molecule is O=C(COCc1nc2ccccc2s1)Nc1ccc2c(c1)OCCCO2. The summed E-state index contributed by atoms with van der Waals surface area (Å²) in [7, 11) is 0. The van der Waals surface area contributed by atoms with E-state index in [0.717, 1.165) is 21.6 Å². The molecule has 3 aromatic rings. The number of anilines is 1. The third-order valence-corrected chi connectivity index (χ3v) is 4.84. The number of amides is 1. The van der Waals surface area contributed by atoms with Gasteiger partial charge in [0.05, 0.1) is 30.0 Å². The fourth-order valence-electron chi connectivity index (χ4n) is 2.65. The van der Waals surface area contributed by atoms with Crippen LogP contribution in [0.25, 0.3) is 10.2 Å². The van der Waals surface area contributed by atoms with Crippen molar-refractivity contribution in [2.24, 2.45) is 0 Å². The van der Waals surface area contributed by atoms with Gasteiger partial charge in [0, 0.05) is 18.2 Å². The van der Waals surface area contributed by atoms with Crippen LogP contribution in [0.5, 0.6) is 11.5 Å². The Morgan fingerprint density at radius 1 is 1.15 bits per heavy atom. The zero-order valence-electron chi connectivity index (χ0n) is 14.1. The topological polar surface area (TPSA) is 69.7 Å². The first-order valence-electron chi connectivity index (χ1n) is 8.40. The fraction of sp³-hybridized carbons (Fsp3) is 0.263. The van der Waals surface area contributed by atoms with Crippen molar-refractivity contribution in [2.45, 2.75) is 13.0 Å². The zero-order chi connectivity index (χ0) is 17.8. The van der Waals surface area contributed by atoms with Gasteiger partial charge in [-0.25, -0.2) is 4.98 Å². The molecule has 7 heteroatoms. The van der Waals surface area contributed by atoms with Gasteiger partial charge >= 0.3 is 0 Å². The van der Waals surface area contributed by atoms with Crippen molar-refractivity contribution in [1.82, 2.24) is 4.98 Å². The summed E-state index contributed by atoms with van der Waals surface area (Å²) < 4.78 is 17.8. The van der Waals surface area contributed by atoms with Crippen LogP contribution in [0, 0.1) is 0 Å². The van der Waals surface area contributed by atoms with Crippen LogP contribution >= 0.6 is 11.3 Å². The number of nitrogens with zero attached hydrogens (tertiary/aromatic N) is 1. The van der Waals surface area contributed by atoms with Crippen molar-refractivity contribution in [3.05, 3.63) is 47.5 Å². The Hall–Kier alpha value is -2.64. The molecule has 6 nitrogen and oxygen atoms in total. The van der Waals surface area contributed by atoms with E-state index in [2.05, 4.69) is 10.3 Å². The molecule has 1 aliphatic rings. The third-order valence-electron chi connectivity index (χ3n) is 3.83. The lowest BCUT2D eigenvalue weighted by atomic mass is 10.2. The molecule has 1 aliphatic heterocycles. The highest BCUT2D eigenvalue weighted by molar-refractivity contribution is 7.18. The number of aromatic nitrogens is 1. The molecule has 0 atom stereocenters. The summed E-state index contributed by atoms with van der Waals surface area (Å²) in [5.41, 5.74) is 1.61. The van der Waals surface area contributed by atoms with Crippen molar-refractivity contribution in [3.8, 4) is 11.5 Å². The molecule has 0 fully saturated rings. The van der Waals surface area contributed by atoms with Crippen LogP contribution in [0.15, 0.2) is 42.5 Å². The van der Waals surface area contributed by atoms with Gasteiger partial charge in [0.2, 0.25) is 5.91 Å². The van der Waals surface area contributed by atoms with E-state index in [9.17, 15) is 4.79 Å². The summed E-state index contributed by atoms with van der Waals surface area (Å²) >= 11 is 1.57. The van der Waals surface area contributed by atoms with E-state index >= 15 is 0 Å². The summed E-state index contributed by atoms with van der Waals surface area (Å²) in [4.78, 5) is 16.6. The number of hydrogen-bond acceptors (Lipinski definition) is 6. The Morgan fingerprint density at radius 3 is 2.88 bits per heavy atom. The molecule has 1 amide bonds. The summed E-state index contributed by atoms with van der Waals surface area (Å²) in [6, 6.07) is 13.3. The average Bonchev–Trinajstić information content (AvgIpc) is 2.91. The van der Waals surface area contributed by atoms with E-state index in [1.54, 1.807) is 29.5 Å². The number of thiazole rings is 1. The Bertz CT molecular complexity index is 892. The molecular weight excluding hydrogens is 352 g/mol. The molecule has 26 heavy (non-hydrogen) atoms. The number of rotatable bonds is 5. The van der Waals surface area contributed by atoms with Crippen molar-refractivity contribution >= 4 is 33.1 Å². The van der Waals surface area contributed by atoms with Gasteiger partial charge in [0.1, 0.15) is 11.6 Å². The maximum absolute atomic E-state index is 12.1. The molecule has 1 aromatic heterocycles. The fourth-order valence-corrected chi connectivity index (χ4v) is 3.56. The molecule has 0 spiro atoms. The highest BCUT2D eigenvalue weighted by Gasteiger charge is 2.12. The second kappa shape index (κ2) is 7.72. The quantitative estimate of drug-likeness (QED) is 0.743. The molecule has 0 aliphatic carbocycles. The number of carbonyl (C=O) groups is 1. The Morgan fingerprint density at radius 2 is 2.00 bits per heavy atom. The minimum atomic E-state index is -0.222. The summed E-state index contributed by atoms with van der Waals surface area (Å²) in [5.74, 6) is 1.13. The first-order chi connectivity index (χ1) is 12.8. The number of hydrogen-bond donors (Lipinski definition) is 1. The molecule has 0 saturated carbocycles. The Balaban J connectivity index is 1.30. The van der Waals surface area contributed by atoms with E-state index in [1.165, 1.54) is 0 Å². The van der Waals surface area contributed by atoms with Gasteiger partial charge in [-0.1, -0.05) is 12.1 Å². The molecule has 0 radical (unpaired) electrons. The number of benzene rings is 2. The van der Waals surface area contributed by atoms with Crippen LogP contribution in [0.3, 0.4) is 0 Å². The number of fused-ring (bicyclic) bond motifs is 2. The predicted octanol–water partition coefficient (Wildman–Crippen LogP) is 3.61. The minimum absolute atomic E-state index is 0.0373. The van der Waals surface area contributed by atoms with Gasteiger partial charge in [0.15, 0.2) is 11.5 Å². The van der Waals surface area contributed by atoms with E-state index in [4.69, 9.17) is 14.2 Å². The number of ether oxygens (including phenoxy) is 3. The summed E-state index contributed by atoms with van der Waals surface area (Å²) in [5, 5.41) is 3.66. The van der Waals surface area contributed by atoms with Gasteiger partial charge in [-0.3, -0.25) is 4.79 Å². The van der Waals surface area contributed by atoms with E-state index < -0.39 is 0 Å². The van der Waals surface area contributed by atoms with Gasteiger partial charge in [0.25, 0.3) is 0 Å². The highest BCUT2D eigenvalue weighted by Crippen LogP contribution is 2.32. The number of nitrogens with one attached hydrogen (secondary N) is 1. The van der Waals surface area contributed by atoms with Crippen molar-refractivity contribution in [1.29, 1.82) is 0 Å². The highest BCUT2D eigenvalue weighted by atomic mass is 32.1. The lowest BCUT2D eigenvalue weighted by Crippen LogP contribution is -2.18. The molecule has 4 rings (SSSR count). The van der Waals surface area contributed by atoms with Crippen LogP contribution in [-0.2, 0) is 16.1 Å². The molecule has 0 saturated heterocycles. The van der Waals surface area contributed by atoms with Gasteiger partial charge in [-0.15, -0.1) is 11.3 Å². The Labute approximate surface area is 154 Å². The molecule has 1 N–H and O–H groups in total. The van der Waals surface area contributed by atoms with Gasteiger partial charge in [-0.05, 0) is 24.3 Å². The van der Waals surface area contributed by atoms with Gasteiger partial charge in [-0.2, -0.15) is 0 Å². The summed E-state index contributed by atoms with van der Waals surface area (Å²) in [6.07, 6.45) is 0.843.